The van der Waals surface area contributed by atoms with Gasteiger partial charge in [-0.05, 0) is 13.0 Å². The smallest absolute Gasteiger partial charge is 0.275 e. The topological polar surface area (TPSA) is 47.5 Å². The van der Waals surface area contributed by atoms with E-state index in [2.05, 4.69) is 0 Å². The average Bonchev–Trinajstić information content (AvgIpc) is 2.23. The maximum atomic E-state index is 11.0. The minimum absolute atomic E-state index is 0.255. The number of hydrogen-bond acceptors (Lipinski definition) is 1. The Bertz CT molecular complexity index is 396. The van der Waals surface area contributed by atoms with Gasteiger partial charge in [0.2, 0.25) is 0 Å². The van der Waals surface area contributed by atoms with E-state index in [4.69, 9.17) is 28.9 Å². The first-order valence-corrected chi connectivity index (χ1v) is 5.73. The van der Waals surface area contributed by atoms with Crippen LogP contribution >= 0.6 is 23.2 Å². The maximum Gasteiger partial charge on any atom is 0.275 e. The molecule has 88 valence electrons. The van der Waals surface area contributed by atoms with Gasteiger partial charge in [-0.25, -0.2) is 0 Å². The highest BCUT2D eigenvalue weighted by molar-refractivity contribution is 6.42. The summed E-state index contributed by atoms with van der Waals surface area (Å²) in [4.78, 5) is 12.0. The number of nitrogens with two attached hydrogens (primary N) is 1. The zero-order valence-corrected chi connectivity index (χ0v) is 10.8. The standard InChI is InChI=1S/C11H14Cl2N2O/c1-7(11(14)16)15(2)6-8-4-3-5-9(12)10(8)13/h3-5,7H,6H2,1-2H3,(H2,14,16)/p+1/t7-/m1/s1. The van der Waals surface area contributed by atoms with Crippen LogP contribution in [0.3, 0.4) is 0 Å². The number of carbonyl (C=O) groups excluding carboxylic acids is 1. The van der Waals surface area contributed by atoms with Crippen molar-refractivity contribution in [3.05, 3.63) is 33.8 Å². The molecule has 0 aromatic heterocycles. The Hall–Kier alpha value is -0.770. The summed E-state index contributed by atoms with van der Waals surface area (Å²) >= 11 is 12.0. The predicted octanol–water partition coefficient (Wildman–Crippen LogP) is 0.882. The van der Waals surface area contributed by atoms with Crippen molar-refractivity contribution in [1.82, 2.24) is 0 Å². The molecule has 0 heterocycles. The van der Waals surface area contributed by atoms with Crippen LogP contribution in [-0.2, 0) is 11.3 Å². The number of likely N-dealkylation sites (N-methyl/N-ethyl adjacent to an activating group) is 1. The largest absolute Gasteiger partial charge is 0.365 e. The van der Waals surface area contributed by atoms with E-state index in [9.17, 15) is 4.79 Å². The van der Waals surface area contributed by atoms with E-state index in [0.717, 1.165) is 10.5 Å². The molecule has 0 saturated carbocycles. The Morgan fingerprint density at radius 1 is 1.50 bits per heavy atom. The van der Waals surface area contributed by atoms with Crippen molar-refractivity contribution in [3.63, 3.8) is 0 Å². The summed E-state index contributed by atoms with van der Waals surface area (Å²) in [6.07, 6.45) is 0. The quantitative estimate of drug-likeness (QED) is 0.831. The van der Waals surface area contributed by atoms with Crippen molar-refractivity contribution in [2.24, 2.45) is 5.73 Å². The van der Waals surface area contributed by atoms with Crippen LogP contribution in [-0.4, -0.2) is 19.0 Å². The van der Waals surface area contributed by atoms with Gasteiger partial charge in [-0.2, -0.15) is 0 Å². The van der Waals surface area contributed by atoms with Gasteiger partial charge in [0, 0.05) is 5.56 Å². The highest BCUT2D eigenvalue weighted by atomic mass is 35.5. The Balaban J connectivity index is 2.81. The molecule has 1 unspecified atom stereocenters. The van der Waals surface area contributed by atoms with E-state index in [1.54, 1.807) is 13.0 Å². The van der Waals surface area contributed by atoms with E-state index in [1.165, 1.54) is 0 Å². The summed E-state index contributed by atoms with van der Waals surface area (Å²) in [5.74, 6) is -0.323. The SMILES string of the molecule is C[C@H](C(N)=O)[NH+](C)Cc1cccc(Cl)c1Cl. The number of hydrogen-bond donors (Lipinski definition) is 2. The van der Waals surface area contributed by atoms with Gasteiger partial charge in [0.05, 0.1) is 17.1 Å². The number of amides is 1. The lowest BCUT2D eigenvalue weighted by atomic mass is 10.2. The van der Waals surface area contributed by atoms with Crippen molar-refractivity contribution in [1.29, 1.82) is 0 Å². The van der Waals surface area contributed by atoms with E-state index in [0.29, 0.717) is 16.6 Å². The van der Waals surface area contributed by atoms with Gasteiger partial charge in [-0.15, -0.1) is 0 Å². The monoisotopic (exact) mass is 261 g/mol. The molecule has 16 heavy (non-hydrogen) atoms. The molecule has 3 N–H and O–H groups in total. The molecule has 0 aliphatic carbocycles. The van der Waals surface area contributed by atoms with Crippen LogP contribution in [0.25, 0.3) is 0 Å². The summed E-state index contributed by atoms with van der Waals surface area (Å²) in [7, 11) is 1.90. The normalized spacial score (nSPS) is 14.5. The minimum Gasteiger partial charge on any atom is -0.365 e. The molecule has 3 nitrogen and oxygen atoms in total. The van der Waals surface area contributed by atoms with Crippen LogP contribution < -0.4 is 10.6 Å². The van der Waals surface area contributed by atoms with Crippen molar-refractivity contribution >= 4 is 29.1 Å². The third-order valence-corrected chi connectivity index (χ3v) is 3.52. The first-order chi connectivity index (χ1) is 7.43. The molecule has 1 aromatic rings. The number of rotatable bonds is 4. The van der Waals surface area contributed by atoms with E-state index in [-0.39, 0.29) is 11.9 Å². The van der Waals surface area contributed by atoms with Crippen LogP contribution in [0.5, 0.6) is 0 Å². The zero-order valence-electron chi connectivity index (χ0n) is 9.26. The first-order valence-electron chi connectivity index (χ1n) is 4.98. The van der Waals surface area contributed by atoms with Crippen LogP contribution in [0.15, 0.2) is 18.2 Å². The lowest BCUT2D eigenvalue weighted by molar-refractivity contribution is -0.908. The number of quaternary nitrogens is 1. The fraction of sp³-hybridized carbons (Fsp3) is 0.364. The molecule has 0 radical (unpaired) electrons. The highest BCUT2D eigenvalue weighted by Gasteiger charge is 2.20. The first kappa shape index (κ1) is 13.3. The number of carbonyl (C=O) groups is 1. The molecule has 0 bridgehead atoms. The predicted molar refractivity (Wildman–Crippen MR) is 65.7 cm³/mol. The second kappa shape index (κ2) is 5.53. The highest BCUT2D eigenvalue weighted by Crippen LogP contribution is 2.24. The van der Waals surface area contributed by atoms with Gasteiger partial charge in [0.25, 0.3) is 5.91 Å². The molecule has 1 aromatic carbocycles. The van der Waals surface area contributed by atoms with Gasteiger partial charge in [0.1, 0.15) is 6.54 Å². The lowest BCUT2D eigenvalue weighted by Gasteiger charge is -2.19. The summed E-state index contributed by atoms with van der Waals surface area (Å²) in [6.45, 7) is 2.40. The molecule has 0 aliphatic rings. The zero-order chi connectivity index (χ0) is 12.3. The third-order valence-electron chi connectivity index (χ3n) is 2.67. The number of primary amides is 1. The molecule has 0 fully saturated rings. The molecule has 5 heteroatoms. The molecule has 0 aliphatic heterocycles. The molecule has 1 amide bonds. The molecule has 0 spiro atoms. The van der Waals surface area contributed by atoms with Crippen molar-refractivity contribution < 1.29 is 9.69 Å². The summed E-state index contributed by atoms with van der Waals surface area (Å²) in [5.41, 5.74) is 6.16. The van der Waals surface area contributed by atoms with Crippen LogP contribution in [0.4, 0.5) is 0 Å². The van der Waals surface area contributed by atoms with Crippen LogP contribution in [0.2, 0.25) is 10.0 Å². The molecule has 2 atom stereocenters. The van der Waals surface area contributed by atoms with Gasteiger partial charge >= 0.3 is 0 Å². The van der Waals surface area contributed by atoms with E-state index >= 15 is 0 Å². The summed E-state index contributed by atoms with van der Waals surface area (Å²) in [5, 5.41) is 1.07. The van der Waals surface area contributed by atoms with Gasteiger partial charge < -0.3 is 10.6 Å². The average molecular weight is 262 g/mol. The number of benzene rings is 1. The van der Waals surface area contributed by atoms with Gasteiger partial charge in [0.15, 0.2) is 6.04 Å². The fourth-order valence-electron chi connectivity index (χ4n) is 1.38. The second-order valence-corrected chi connectivity index (χ2v) is 4.65. The van der Waals surface area contributed by atoms with Crippen molar-refractivity contribution in [2.75, 3.05) is 7.05 Å². The number of halogens is 2. The Morgan fingerprint density at radius 2 is 2.12 bits per heavy atom. The van der Waals surface area contributed by atoms with Gasteiger partial charge in [-0.1, -0.05) is 35.3 Å². The summed E-state index contributed by atoms with van der Waals surface area (Å²) in [6, 6.07) is 5.22. The van der Waals surface area contributed by atoms with E-state index < -0.39 is 0 Å². The second-order valence-electron chi connectivity index (χ2n) is 3.86. The van der Waals surface area contributed by atoms with Crippen LogP contribution in [0.1, 0.15) is 12.5 Å². The van der Waals surface area contributed by atoms with Crippen molar-refractivity contribution in [2.45, 2.75) is 19.5 Å². The van der Waals surface area contributed by atoms with Crippen molar-refractivity contribution in [3.8, 4) is 0 Å². The molecular weight excluding hydrogens is 247 g/mol. The maximum absolute atomic E-state index is 11.0. The Morgan fingerprint density at radius 3 is 2.69 bits per heavy atom. The third kappa shape index (κ3) is 3.11. The lowest BCUT2D eigenvalue weighted by Crippen LogP contribution is -3.12. The Kier molecular flexibility index (Phi) is 4.59. The van der Waals surface area contributed by atoms with Crippen LogP contribution in [0, 0.1) is 0 Å². The molecule has 1 rings (SSSR count). The summed E-state index contributed by atoms with van der Waals surface area (Å²) < 4.78 is 0. The fourth-order valence-corrected chi connectivity index (χ4v) is 1.77. The number of nitrogens with one attached hydrogen (secondary N) is 1. The molecular formula is C11H15Cl2N2O+. The Labute approximate surface area is 105 Å². The minimum atomic E-state index is -0.323. The molecule has 0 saturated heterocycles. The van der Waals surface area contributed by atoms with E-state index in [1.807, 2.05) is 19.2 Å². The van der Waals surface area contributed by atoms with Gasteiger partial charge in [-0.3, -0.25) is 4.79 Å².